The van der Waals surface area contributed by atoms with Gasteiger partial charge < -0.3 is 20.3 Å². The summed E-state index contributed by atoms with van der Waals surface area (Å²) in [6, 6.07) is 9.49. The van der Waals surface area contributed by atoms with Crippen molar-refractivity contribution >= 4 is 17.5 Å². The van der Waals surface area contributed by atoms with Gasteiger partial charge in [-0.05, 0) is 44.4 Å². The number of nitrogens with zero attached hydrogens (tertiary/aromatic N) is 3. The fourth-order valence-electron chi connectivity index (χ4n) is 1.73. The molecule has 2 aromatic rings. The lowest BCUT2D eigenvalue weighted by molar-refractivity contribution is 0.415. The Morgan fingerprint density at radius 1 is 1.14 bits per heavy atom. The number of anilines is 3. The molecule has 0 atom stereocenters. The van der Waals surface area contributed by atoms with Gasteiger partial charge in [-0.15, -0.1) is 0 Å². The van der Waals surface area contributed by atoms with Crippen LogP contribution in [-0.4, -0.2) is 49.2 Å². The van der Waals surface area contributed by atoms with Crippen molar-refractivity contribution in [3.63, 3.8) is 0 Å². The Labute approximate surface area is 125 Å². The van der Waals surface area contributed by atoms with Crippen molar-refractivity contribution in [1.82, 2.24) is 14.9 Å². The predicted molar refractivity (Wildman–Crippen MR) is 85.4 cm³/mol. The molecule has 6 nitrogen and oxygen atoms in total. The molecule has 0 bridgehead atoms. The maximum Gasteiger partial charge on any atom is 0.229 e. The maximum absolute atomic E-state index is 5.13. The van der Waals surface area contributed by atoms with Crippen molar-refractivity contribution in [3.8, 4) is 5.75 Å². The van der Waals surface area contributed by atoms with E-state index in [9.17, 15) is 0 Å². The Kier molecular flexibility index (Phi) is 5.34. The molecule has 0 fully saturated rings. The van der Waals surface area contributed by atoms with E-state index in [0.717, 1.165) is 30.3 Å². The van der Waals surface area contributed by atoms with Gasteiger partial charge in [-0.2, -0.15) is 4.98 Å². The third kappa shape index (κ3) is 4.92. The summed E-state index contributed by atoms with van der Waals surface area (Å²) in [6.45, 7) is 1.79. The minimum Gasteiger partial charge on any atom is -0.497 e. The molecule has 1 aromatic carbocycles. The minimum absolute atomic E-state index is 0.565. The molecule has 0 saturated carbocycles. The van der Waals surface area contributed by atoms with Crippen LogP contribution in [0.2, 0.25) is 0 Å². The van der Waals surface area contributed by atoms with Gasteiger partial charge in [0.1, 0.15) is 11.6 Å². The smallest absolute Gasteiger partial charge is 0.229 e. The van der Waals surface area contributed by atoms with E-state index < -0.39 is 0 Å². The minimum atomic E-state index is 0.565. The zero-order valence-electron chi connectivity index (χ0n) is 12.6. The third-order valence-corrected chi connectivity index (χ3v) is 2.87. The molecule has 1 aromatic heterocycles. The monoisotopic (exact) mass is 287 g/mol. The Morgan fingerprint density at radius 3 is 2.57 bits per heavy atom. The van der Waals surface area contributed by atoms with Gasteiger partial charge in [0, 0.05) is 25.0 Å². The second-order valence-electron chi connectivity index (χ2n) is 4.85. The summed E-state index contributed by atoms with van der Waals surface area (Å²) in [5.41, 5.74) is 0.918. The Balaban J connectivity index is 1.96. The number of likely N-dealkylation sites (N-methyl/N-ethyl adjacent to an activating group) is 1. The molecule has 0 aliphatic heterocycles. The summed E-state index contributed by atoms with van der Waals surface area (Å²) >= 11 is 0. The molecular formula is C15H21N5O. The molecule has 2 N–H and O–H groups in total. The van der Waals surface area contributed by atoms with Crippen molar-refractivity contribution in [1.29, 1.82) is 0 Å². The predicted octanol–water partition coefficient (Wildman–Crippen LogP) is 2.20. The first-order valence-corrected chi connectivity index (χ1v) is 6.80. The first-order valence-electron chi connectivity index (χ1n) is 6.80. The van der Waals surface area contributed by atoms with E-state index in [2.05, 4.69) is 25.5 Å². The van der Waals surface area contributed by atoms with Crippen molar-refractivity contribution in [2.75, 3.05) is 44.9 Å². The van der Waals surface area contributed by atoms with E-state index in [1.165, 1.54) is 0 Å². The van der Waals surface area contributed by atoms with Crippen LogP contribution in [-0.2, 0) is 0 Å². The lowest BCUT2D eigenvalue weighted by atomic mass is 10.3. The molecule has 6 heteroatoms. The molecular weight excluding hydrogens is 266 g/mol. The average Bonchev–Trinajstić information content (AvgIpc) is 2.48. The van der Waals surface area contributed by atoms with Crippen LogP contribution in [0.4, 0.5) is 17.5 Å². The first-order chi connectivity index (χ1) is 10.2. The van der Waals surface area contributed by atoms with Crippen molar-refractivity contribution in [2.45, 2.75) is 0 Å². The first kappa shape index (κ1) is 15.1. The lowest BCUT2D eigenvalue weighted by Gasteiger charge is -2.11. The molecule has 0 saturated heterocycles. The molecule has 21 heavy (non-hydrogen) atoms. The van der Waals surface area contributed by atoms with Crippen molar-refractivity contribution in [3.05, 3.63) is 36.5 Å². The van der Waals surface area contributed by atoms with Gasteiger partial charge >= 0.3 is 0 Å². The second-order valence-corrected chi connectivity index (χ2v) is 4.85. The summed E-state index contributed by atoms with van der Waals surface area (Å²) in [7, 11) is 5.73. The SMILES string of the molecule is COc1ccc(Nc2nccc(NCCN(C)C)n2)cc1. The number of nitrogens with one attached hydrogen (secondary N) is 2. The number of rotatable bonds is 7. The Bertz CT molecular complexity index is 556. The standard InChI is InChI=1S/C15H21N5O/c1-20(2)11-10-16-14-8-9-17-15(19-14)18-12-4-6-13(21-3)7-5-12/h4-9H,10-11H2,1-3H3,(H2,16,17,18,19). The van der Waals surface area contributed by atoms with Gasteiger partial charge in [0.2, 0.25) is 5.95 Å². The van der Waals surface area contributed by atoms with Gasteiger partial charge in [0.15, 0.2) is 0 Å². The van der Waals surface area contributed by atoms with Crippen LogP contribution in [0.15, 0.2) is 36.5 Å². The number of hydrogen-bond acceptors (Lipinski definition) is 6. The van der Waals surface area contributed by atoms with Crippen molar-refractivity contribution in [2.24, 2.45) is 0 Å². The van der Waals surface area contributed by atoms with Crippen LogP contribution >= 0.6 is 0 Å². The molecule has 1 heterocycles. The van der Waals surface area contributed by atoms with E-state index in [1.807, 2.05) is 44.4 Å². The summed E-state index contributed by atoms with van der Waals surface area (Å²) in [5.74, 6) is 2.19. The zero-order chi connectivity index (χ0) is 15.1. The van der Waals surface area contributed by atoms with Crippen LogP contribution in [0.5, 0.6) is 5.75 Å². The fraction of sp³-hybridized carbons (Fsp3) is 0.333. The second kappa shape index (κ2) is 7.44. The highest BCUT2D eigenvalue weighted by molar-refractivity contribution is 5.55. The summed E-state index contributed by atoms with van der Waals surface area (Å²) < 4.78 is 5.13. The fourth-order valence-corrected chi connectivity index (χ4v) is 1.73. The molecule has 0 unspecified atom stereocenters. The van der Waals surface area contributed by atoms with Crippen LogP contribution in [0, 0.1) is 0 Å². The molecule has 0 aliphatic carbocycles. The highest BCUT2D eigenvalue weighted by Gasteiger charge is 2.01. The number of hydrogen-bond donors (Lipinski definition) is 2. The van der Waals surface area contributed by atoms with Crippen LogP contribution < -0.4 is 15.4 Å². The Hall–Kier alpha value is -2.34. The number of methoxy groups -OCH3 is 1. The van der Waals surface area contributed by atoms with Gasteiger partial charge in [-0.3, -0.25) is 0 Å². The van der Waals surface area contributed by atoms with Gasteiger partial charge in [-0.25, -0.2) is 4.98 Å². The topological polar surface area (TPSA) is 62.3 Å². The summed E-state index contributed by atoms with van der Waals surface area (Å²) in [4.78, 5) is 10.8. The molecule has 0 spiro atoms. The quantitative estimate of drug-likeness (QED) is 0.814. The van der Waals surface area contributed by atoms with Gasteiger partial charge in [-0.1, -0.05) is 0 Å². The average molecular weight is 287 g/mol. The van der Waals surface area contributed by atoms with E-state index in [-0.39, 0.29) is 0 Å². The van der Waals surface area contributed by atoms with Crippen molar-refractivity contribution < 1.29 is 4.74 Å². The van der Waals surface area contributed by atoms with Gasteiger partial charge in [0.25, 0.3) is 0 Å². The number of aromatic nitrogens is 2. The highest BCUT2D eigenvalue weighted by atomic mass is 16.5. The largest absolute Gasteiger partial charge is 0.497 e. The van der Waals surface area contributed by atoms with Gasteiger partial charge in [0.05, 0.1) is 7.11 Å². The van der Waals surface area contributed by atoms with Crippen LogP contribution in [0.3, 0.4) is 0 Å². The van der Waals surface area contributed by atoms with E-state index in [0.29, 0.717) is 5.95 Å². The molecule has 112 valence electrons. The molecule has 0 radical (unpaired) electrons. The lowest BCUT2D eigenvalue weighted by Crippen LogP contribution is -2.21. The molecule has 2 rings (SSSR count). The number of ether oxygens (including phenoxy) is 1. The van der Waals surface area contributed by atoms with Crippen LogP contribution in [0.1, 0.15) is 0 Å². The zero-order valence-corrected chi connectivity index (χ0v) is 12.6. The summed E-state index contributed by atoms with van der Waals surface area (Å²) in [6.07, 6.45) is 1.73. The highest BCUT2D eigenvalue weighted by Crippen LogP contribution is 2.18. The van der Waals surface area contributed by atoms with E-state index in [1.54, 1.807) is 13.3 Å². The maximum atomic E-state index is 5.13. The van der Waals surface area contributed by atoms with E-state index >= 15 is 0 Å². The normalized spacial score (nSPS) is 10.5. The van der Waals surface area contributed by atoms with Crippen LogP contribution in [0.25, 0.3) is 0 Å². The molecule has 0 aliphatic rings. The van der Waals surface area contributed by atoms with E-state index in [4.69, 9.17) is 4.74 Å². The third-order valence-electron chi connectivity index (χ3n) is 2.87. The number of benzene rings is 1. The summed E-state index contributed by atoms with van der Waals surface area (Å²) in [5, 5.41) is 6.43. The molecule has 0 amide bonds. The Morgan fingerprint density at radius 2 is 1.90 bits per heavy atom.